The molecule has 0 heterocycles. The average Bonchev–Trinajstić information content (AvgIpc) is 2.47. The van der Waals surface area contributed by atoms with Crippen LogP contribution in [0, 0.1) is 10.1 Å². The molecule has 0 fully saturated rings. The van der Waals surface area contributed by atoms with Crippen molar-refractivity contribution in [3.05, 3.63) is 63.2 Å². The highest BCUT2D eigenvalue weighted by Crippen LogP contribution is 2.29. The Labute approximate surface area is 125 Å². The van der Waals surface area contributed by atoms with Crippen molar-refractivity contribution in [1.82, 2.24) is 0 Å². The van der Waals surface area contributed by atoms with Crippen LogP contribution in [0.15, 0.2) is 42.5 Å². The topological polar surface area (TPSA) is 81.5 Å². The number of ether oxygens (including phenoxy) is 1. The zero-order valence-electron chi connectivity index (χ0n) is 11.0. The number of nitrogens with one attached hydrogen (secondary N) is 1. The quantitative estimate of drug-likeness (QED) is 0.692. The van der Waals surface area contributed by atoms with Crippen molar-refractivity contribution in [2.24, 2.45) is 0 Å². The number of amides is 1. The van der Waals surface area contributed by atoms with Gasteiger partial charge in [0, 0.05) is 0 Å². The lowest BCUT2D eigenvalue weighted by atomic mass is 10.2. The molecule has 0 radical (unpaired) electrons. The fraction of sp³-hybridized carbons (Fsp3) is 0.0714. The second-order valence-corrected chi connectivity index (χ2v) is 4.48. The Morgan fingerprint density at radius 1 is 1.29 bits per heavy atom. The lowest BCUT2D eigenvalue weighted by Gasteiger charge is -2.08. The van der Waals surface area contributed by atoms with Gasteiger partial charge in [-0.1, -0.05) is 23.7 Å². The number of rotatable bonds is 4. The molecule has 2 aromatic rings. The van der Waals surface area contributed by atoms with Crippen molar-refractivity contribution < 1.29 is 14.5 Å². The Hall–Kier alpha value is -2.60. The van der Waals surface area contributed by atoms with E-state index in [1.807, 2.05) is 0 Å². The molecule has 0 atom stereocenters. The van der Waals surface area contributed by atoms with Crippen LogP contribution in [0.2, 0.25) is 5.02 Å². The zero-order valence-corrected chi connectivity index (χ0v) is 11.8. The summed E-state index contributed by atoms with van der Waals surface area (Å²) in [4.78, 5) is 22.6. The van der Waals surface area contributed by atoms with Gasteiger partial charge >= 0.3 is 0 Å². The molecule has 2 aromatic carbocycles. The SMILES string of the molecule is COc1ccc(NC(=O)c2ccccc2Cl)c([N+](=O)[O-])c1. The maximum absolute atomic E-state index is 12.1. The van der Waals surface area contributed by atoms with Crippen LogP contribution in [0.1, 0.15) is 10.4 Å². The third-order valence-electron chi connectivity index (χ3n) is 2.77. The minimum atomic E-state index is -0.593. The summed E-state index contributed by atoms with van der Waals surface area (Å²) >= 11 is 5.92. The van der Waals surface area contributed by atoms with E-state index in [1.54, 1.807) is 18.2 Å². The van der Waals surface area contributed by atoms with E-state index in [-0.39, 0.29) is 22.0 Å². The second kappa shape index (κ2) is 6.23. The van der Waals surface area contributed by atoms with E-state index in [1.165, 1.54) is 31.4 Å². The first-order valence-electron chi connectivity index (χ1n) is 5.91. The minimum Gasteiger partial charge on any atom is -0.496 e. The number of halogens is 1. The highest BCUT2D eigenvalue weighted by molar-refractivity contribution is 6.34. The monoisotopic (exact) mass is 306 g/mol. The summed E-state index contributed by atoms with van der Waals surface area (Å²) in [5.41, 5.74) is 0.0600. The van der Waals surface area contributed by atoms with E-state index < -0.39 is 10.8 Å². The normalized spacial score (nSPS) is 10.0. The van der Waals surface area contributed by atoms with Crippen molar-refractivity contribution in [2.45, 2.75) is 0 Å². The van der Waals surface area contributed by atoms with Crippen LogP contribution in [0.25, 0.3) is 0 Å². The first kappa shape index (κ1) is 14.8. The van der Waals surface area contributed by atoms with E-state index in [0.717, 1.165) is 0 Å². The van der Waals surface area contributed by atoms with E-state index in [9.17, 15) is 14.9 Å². The number of nitrogens with zero attached hydrogens (tertiary/aromatic N) is 1. The molecule has 1 N–H and O–H groups in total. The van der Waals surface area contributed by atoms with Crippen LogP contribution >= 0.6 is 11.6 Å². The fourth-order valence-electron chi connectivity index (χ4n) is 1.73. The summed E-state index contributed by atoms with van der Waals surface area (Å²) in [7, 11) is 1.40. The Balaban J connectivity index is 2.33. The Morgan fingerprint density at radius 2 is 2.00 bits per heavy atom. The molecule has 2 rings (SSSR count). The number of methoxy groups -OCH3 is 1. The number of hydrogen-bond acceptors (Lipinski definition) is 4. The van der Waals surface area contributed by atoms with Gasteiger partial charge in [0.25, 0.3) is 11.6 Å². The van der Waals surface area contributed by atoms with Crippen LogP contribution in [0.5, 0.6) is 5.75 Å². The molecule has 0 unspecified atom stereocenters. The smallest absolute Gasteiger partial charge is 0.296 e. The summed E-state index contributed by atoms with van der Waals surface area (Å²) in [5.74, 6) is -0.189. The van der Waals surface area contributed by atoms with Gasteiger partial charge in [0.05, 0.1) is 28.7 Å². The molecule has 0 saturated heterocycles. The van der Waals surface area contributed by atoms with Crippen LogP contribution in [-0.4, -0.2) is 17.9 Å². The predicted octanol–water partition coefficient (Wildman–Crippen LogP) is 3.51. The lowest BCUT2D eigenvalue weighted by molar-refractivity contribution is -0.384. The molecular weight excluding hydrogens is 296 g/mol. The molecule has 0 spiro atoms. The number of carbonyl (C=O) groups is 1. The molecule has 21 heavy (non-hydrogen) atoms. The van der Waals surface area contributed by atoms with Gasteiger partial charge in [0.15, 0.2) is 0 Å². The van der Waals surface area contributed by atoms with Gasteiger partial charge in [-0.25, -0.2) is 0 Å². The lowest BCUT2D eigenvalue weighted by Crippen LogP contribution is -2.13. The number of carbonyl (C=O) groups excluding carboxylic acids is 1. The summed E-state index contributed by atoms with van der Waals surface area (Å²) in [6.07, 6.45) is 0. The van der Waals surface area contributed by atoms with Crippen LogP contribution in [-0.2, 0) is 0 Å². The highest BCUT2D eigenvalue weighted by atomic mass is 35.5. The molecule has 0 aliphatic carbocycles. The molecule has 108 valence electrons. The molecule has 0 aliphatic rings. The van der Waals surface area contributed by atoms with Crippen LogP contribution in [0.3, 0.4) is 0 Å². The van der Waals surface area contributed by atoms with Crippen LogP contribution in [0.4, 0.5) is 11.4 Å². The molecule has 0 bridgehead atoms. The molecule has 0 aliphatic heterocycles. The molecule has 0 aromatic heterocycles. The maximum atomic E-state index is 12.1. The van der Waals surface area contributed by atoms with Gasteiger partial charge < -0.3 is 10.1 Å². The molecule has 7 heteroatoms. The van der Waals surface area contributed by atoms with Crippen molar-refractivity contribution in [2.75, 3.05) is 12.4 Å². The largest absolute Gasteiger partial charge is 0.496 e. The minimum absolute atomic E-state index is 0.0747. The Morgan fingerprint density at radius 3 is 2.62 bits per heavy atom. The molecule has 0 saturated carbocycles. The third-order valence-corrected chi connectivity index (χ3v) is 3.10. The second-order valence-electron chi connectivity index (χ2n) is 4.07. The first-order chi connectivity index (χ1) is 10.0. The summed E-state index contributed by atoms with van der Waals surface area (Å²) in [6, 6.07) is 10.6. The fourth-order valence-corrected chi connectivity index (χ4v) is 1.95. The number of nitro groups is 1. The molecule has 1 amide bonds. The van der Waals surface area contributed by atoms with Crippen molar-refractivity contribution in [3.63, 3.8) is 0 Å². The van der Waals surface area contributed by atoms with Gasteiger partial charge in [-0.15, -0.1) is 0 Å². The van der Waals surface area contributed by atoms with Crippen LogP contribution < -0.4 is 10.1 Å². The van der Waals surface area contributed by atoms with Crippen molar-refractivity contribution in [1.29, 1.82) is 0 Å². The Kier molecular flexibility index (Phi) is 4.39. The third kappa shape index (κ3) is 3.29. The summed E-state index contributed by atoms with van der Waals surface area (Å²) < 4.78 is 4.93. The standard InChI is InChI=1S/C14H11ClN2O4/c1-21-9-6-7-12(13(8-9)17(19)20)16-14(18)10-4-2-3-5-11(10)15/h2-8H,1H3,(H,16,18). The van der Waals surface area contributed by atoms with E-state index in [2.05, 4.69) is 5.32 Å². The maximum Gasteiger partial charge on any atom is 0.296 e. The van der Waals surface area contributed by atoms with Gasteiger partial charge in [-0.3, -0.25) is 14.9 Å². The average molecular weight is 307 g/mol. The number of benzene rings is 2. The predicted molar refractivity (Wildman–Crippen MR) is 79.1 cm³/mol. The van der Waals surface area contributed by atoms with E-state index in [0.29, 0.717) is 5.75 Å². The first-order valence-corrected chi connectivity index (χ1v) is 6.29. The van der Waals surface area contributed by atoms with Gasteiger partial charge in [-0.2, -0.15) is 0 Å². The van der Waals surface area contributed by atoms with Gasteiger partial charge in [-0.05, 0) is 24.3 Å². The zero-order chi connectivity index (χ0) is 15.4. The van der Waals surface area contributed by atoms with Crippen molar-refractivity contribution in [3.8, 4) is 5.75 Å². The van der Waals surface area contributed by atoms with Gasteiger partial charge in [0.1, 0.15) is 11.4 Å². The number of hydrogen-bond donors (Lipinski definition) is 1. The van der Waals surface area contributed by atoms with Gasteiger partial charge in [0.2, 0.25) is 0 Å². The van der Waals surface area contributed by atoms with E-state index >= 15 is 0 Å². The van der Waals surface area contributed by atoms with E-state index in [4.69, 9.17) is 16.3 Å². The number of nitro benzene ring substituents is 1. The summed E-state index contributed by atoms with van der Waals surface area (Å²) in [5, 5.41) is 13.8. The molecular formula is C14H11ClN2O4. The summed E-state index contributed by atoms with van der Waals surface area (Å²) in [6.45, 7) is 0. The number of anilines is 1. The highest BCUT2D eigenvalue weighted by Gasteiger charge is 2.18. The van der Waals surface area contributed by atoms with Crippen molar-refractivity contribution >= 4 is 28.9 Å². The molecule has 6 nitrogen and oxygen atoms in total. The Bertz CT molecular complexity index is 703.